The van der Waals surface area contributed by atoms with Crippen molar-refractivity contribution in [1.82, 2.24) is 0 Å². The van der Waals surface area contributed by atoms with Gasteiger partial charge in [0.15, 0.2) is 0 Å². The predicted molar refractivity (Wildman–Crippen MR) is 33.8 cm³/mol. The summed E-state index contributed by atoms with van der Waals surface area (Å²) >= 11 is 0. The van der Waals surface area contributed by atoms with Crippen LogP contribution in [0.3, 0.4) is 0 Å². The van der Waals surface area contributed by atoms with Crippen molar-refractivity contribution < 1.29 is 5.11 Å². The molecule has 0 radical (unpaired) electrons. The highest BCUT2D eigenvalue weighted by Gasteiger charge is 2.11. The Bertz CT molecular complexity index is 102. The van der Waals surface area contributed by atoms with E-state index >= 15 is 0 Å². The summed E-state index contributed by atoms with van der Waals surface area (Å²) < 4.78 is 0. The van der Waals surface area contributed by atoms with E-state index in [1.54, 1.807) is 0 Å². The Kier molecular flexibility index (Phi) is 1.56. The van der Waals surface area contributed by atoms with E-state index in [4.69, 9.17) is 5.11 Å². The highest BCUT2D eigenvalue weighted by molar-refractivity contribution is 5.13. The molecule has 1 nitrogen and oxygen atoms in total. The lowest BCUT2D eigenvalue weighted by Gasteiger charge is -2.17. The lowest BCUT2D eigenvalue weighted by Crippen LogP contribution is -2.00. The Morgan fingerprint density at radius 1 is 1.62 bits per heavy atom. The minimum Gasteiger partial charge on any atom is -0.512 e. The Morgan fingerprint density at radius 3 is 2.38 bits per heavy atom. The molecule has 1 aliphatic carbocycles. The van der Waals surface area contributed by atoms with Gasteiger partial charge in [0.2, 0.25) is 0 Å². The van der Waals surface area contributed by atoms with Gasteiger partial charge in [-0.2, -0.15) is 0 Å². The van der Waals surface area contributed by atoms with Crippen molar-refractivity contribution in [3.8, 4) is 0 Å². The Morgan fingerprint density at radius 2 is 2.25 bits per heavy atom. The van der Waals surface area contributed by atoms with Gasteiger partial charge in [0.1, 0.15) is 0 Å². The summed E-state index contributed by atoms with van der Waals surface area (Å²) in [6.45, 7) is 1.99. The maximum atomic E-state index is 9.06. The van der Waals surface area contributed by atoms with Gasteiger partial charge in [0.25, 0.3) is 0 Å². The zero-order chi connectivity index (χ0) is 5.98. The monoisotopic (exact) mass is 112 g/mol. The fourth-order valence-corrected chi connectivity index (χ4v) is 0.892. The Balaban J connectivity index is 2.47. The van der Waals surface area contributed by atoms with E-state index in [2.05, 4.69) is 0 Å². The first-order valence-electron chi connectivity index (χ1n) is 3.24. The van der Waals surface area contributed by atoms with Crippen molar-refractivity contribution in [3.63, 3.8) is 0 Å². The maximum absolute atomic E-state index is 9.06. The molecule has 1 saturated carbocycles. The van der Waals surface area contributed by atoms with Crippen LogP contribution >= 0.6 is 0 Å². The first-order chi connectivity index (χ1) is 3.84. The average Bonchev–Trinajstić information content (AvgIpc) is 1.62. The van der Waals surface area contributed by atoms with Gasteiger partial charge in [-0.3, -0.25) is 0 Å². The Hall–Kier alpha value is -0.460. The van der Waals surface area contributed by atoms with E-state index in [0.717, 1.165) is 19.3 Å². The number of hydrogen-bond acceptors (Lipinski definition) is 1. The van der Waals surface area contributed by atoms with Crippen molar-refractivity contribution in [2.24, 2.45) is 0 Å². The highest BCUT2D eigenvalue weighted by Crippen LogP contribution is 2.28. The minimum atomic E-state index is 0.635. The normalized spacial score (nSPS) is 17.9. The number of allylic oxidation sites excluding steroid dienone is 2. The zero-order valence-electron chi connectivity index (χ0n) is 5.28. The van der Waals surface area contributed by atoms with Gasteiger partial charge >= 0.3 is 0 Å². The second kappa shape index (κ2) is 2.21. The lowest BCUT2D eigenvalue weighted by molar-refractivity contribution is 0.370. The van der Waals surface area contributed by atoms with Gasteiger partial charge in [-0.25, -0.2) is 0 Å². The topological polar surface area (TPSA) is 20.2 Å². The van der Waals surface area contributed by atoms with Crippen molar-refractivity contribution >= 4 is 0 Å². The van der Waals surface area contributed by atoms with Crippen LogP contribution in [-0.2, 0) is 0 Å². The summed E-state index contributed by atoms with van der Waals surface area (Å²) in [6.07, 6.45) is 4.37. The molecule has 0 aromatic rings. The Labute approximate surface area is 50.0 Å². The average molecular weight is 112 g/mol. The molecule has 1 fully saturated rings. The number of rotatable bonds is 1. The van der Waals surface area contributed by atoms with Crippen LogP contribution in [0.1, 0.15) is 32.6 Å². The summed E-state index contributed by atoms with van der Waals surface area (Å²) in [6, 6.07) is 0. The standard InChI is InChI=1S/C7H12O/c1-2-7(8)6-4-3-5-6/h8H,2-5H2,1H3. The van der Waals surface area contributed by atoms with E-state index in [1.165, 1.54) is 12.0 Å². The lowest BCUT2D eigenvalue weighted by atomic mass is 9.91. The van der Waals surface area contributed by atoms with Gasteiger partial charge < -0.3 is 5.11 Å². The third kappa shape index (κ3) is 0.857. The van der Waals surface area contributed by atoms with Crippen LogP contribution in [0.15, 0.2) is 11.3 Å². The van der Waals surface area contributed by atoms with E-state index in [1.807, 2.05) is 6.92 Å². The van der Waals surface area contributed by atoms with Crippen molar-refractivity contribution in [2.75, 3.05) is 0 Å². The van der Waals surface area contributed by atoms with Crippen molar-refractivity contribution in [3.05, 3.63) is 11.3 Å². The van der Waals surface area contributed by atoms with Crippen LogP contribution in [0.25, 0.3) is 0 Å². The second-order valence-corrected chi connectivity index (χ2v) is 2.26. The molecule has 1 heteroatoms. The van der Waals surface area contributed by atoms with E-state index in [9.17, 15) is 0 Å². The van der Waals surface area contributed by atoms with Crippen LogP contribution in [0.2, 0.25) is 0 Å². The first-order valence-corrected chi connectivity index (χ1v) is 3.24. The zero-order valence-corrected chi connectivity index (χ0v) is 5.28. The van der Waals surface area contributed by atoms with E-state index < -0.39 is 0 Å². The molecule has 8 heavy (non-hydrogen) atoms. The summed E-state index contributed by atoms with van der Waals surface area (Å²) in [5.41, 5.74) is 1.28. The molecule has 0 aromatic heterocycles. The molecular weight excluding hydrogens is 100 g/mol. The summed E-state index contributed by atoms with van der Waals surface area (Å²) in [7, 11) is 0. The second-order valence-electron chi connectivity index (χ2n) is 2.26. The highest BCUT2D eigenvalue weighted by atomic mass is 16.3. The molecule has 0 aliphatic heterocycles. The molecule has 0 heterocycles. The van der Waals surface area contributed by atoms with E-state index in [-0.39, 0.29) is 0 Å². The minimum absolute atomic E-state index is 0.635. The van der Waals surface area contributed by atoms with Gasteiger partial charge in [-0.15, -0.1) is 0 Å². The maximum Gasteiger partial charge on any atom is 0.0911 e. The molecule has 1 aliphatic rings. The number of aliphatic hydroxyl groups is 1. The third-order valence-electron chi connectivity index (χ3n) is 1.70. The first kappa shape index (κ1) is 5.67. The summed E-state index contributed by atoms with van der Waals surface area (Å²) in [5, 5.41) is 9.06. The van der Waals surface area contributed by atoms with Crippen molar-refractivity contribution in [2.45, 2.75) is 32.6 Å². The predicted octanol–water partition coefficient (Wildman–Crippen LogP) is 2.39. The fraction of sp³-hybridized carbons (Fsp3) is 0.714. The third-order valence-corrected chi connectivity index (χ3v) is 1.70. The molecule has 0 saturated heterocycles. The molecule has 0 atom stereocenters. The molecule has 0 spiro atoms. The van der Waals surface area contributed by atoms with Gasteiger partial charge in [-0.05, 0) is 24.8 Å². The SMILES string of the molecule is CCC(O)=C1CCC1. The van der Waals surface area contributed by atoms with Crippen LogP contribution in [-0.4, -0.2) is 5.11 Å². The van der Waals surface area contributed by atoms with Crippen LogP contribution < -0.4 is 0 Å². The quantitative estimate of drug-likeness (QED) is 0.516. The molecule has 46 valence electrons. The molecule has 1 rings (SSSR count). The molecule has 1 N–H and O–H groups in total. The molecular formula is C7H12O. The van der Waals surface area contributed by atoms with Crippen LogP contribution in [0, 0.1) is 0 Å². The van der Waals surface area contributed by atoms with Crippen LogP contribution in [0.5, 0.6) is 0 Å². The largest absolute Gasteiger partial charge is 0.512 e. The van der Waals surface area contributed by atoms with E-state index in [0.29, 0.717) is 5.76 Å². The summed E-state index contributed by atoms with van der Waals surface area (Å²) in [5.74, 6) is 0.635. The molecule has 0 aromatic carbocycles. The molecule has 0 amide bonds. The molecule has 0 unspecified atom stereocenters. The number of hydrogen-bond donors (Lipinski definition) is 1. The fourth-order valence-electron chi connectivity index (χ4n) is 0.892. The molecule has 0 bridgehead atoms. The summed E-state index contributed by atoms with van der Waals surface area (Å²) in [4.78, 5) is 0. The smallest absolute Gasteiger partial charge is 0.0911 e. The number of aliphatic hydroxyl groups excluding tert-OH is 1. The van der Waals surface area contributed by atoms with Crippen LogP contribution in [0.4, 0.5) is 0 Å². The van der Waals surface area contributed by atoms with Gasteiger partial charge in [0.05, 0.1) is 5.76 Å². The van der Waals surface area contributed by atoms with Gasteiger partial charge in [-0.1, -0.05) is 6.92 Å². The van der Waals surface area contributed by atoms with Gasteiger partial charge in [0, 0.05) is 6.42 Å². The van der Waals surface area contributed by atoms with Crippen molar-refractivity contribution in [1.29, 1.82) is 0 Å².